The fraction of sp³-hybridized carbons (Fsp3) is 0. The Kier molecular flexibility index (Phi) is 4.11. The highest BCUT2D eigenvalue weighted by molar-refractivity contribution is 9.10. The molecule has 0 aliphatic heterocycles. The summed E-state index contributed by atoms with van der Waals surface area (Å²) < 4.78 is 0.651. The summed E-state index contributed by atoms with van der Waals surface area (Å²) in [6.45, 7) is 0. The quantitative estimate of drug-likeness (QED) is 0.669. The molecule has 1 N–H and O–H groups in total. The summed E-state index contributed by atoms with van der Waals surface area (Å²) in [5, 5.41) is 2.89. The minimum Gasteiger partial charge on any atom is -0.306 e. The summed E-state index contributed by atoms with van der Waals surface area (Å²) in [5.74, 6) is -0.139. The van der Waals surface area contributed by atoms with Crippen LogP contribution in [0.15, 0.2) is 29.1 Å². The minimum atomic E-state index is -0.427. The number of anilines is 1. The number of aromatic nitrogens is 3. The third-order valence-corrected chi connectivity index (χ3v) is 2.87. The van der Waals surface area contributed by atoms with E-state index in [1.807, 2.05) is 0 Å². The number of halogens is 3. The zero-order chi connectivity index (χ0) is 13.1. The zero-order valence-electron chi connectivity index (χ0n) is 8.69. The molecule has 2 aromatic heterocycles. The van der Waals surface area contributed by atoms with Crippen LogP contribution >= 0.6 is 39.1 Å². The van der Waals surface area contributed by atoms with E-state index in [-0.39, 0.29) is 21.7 Å². The second-order valence-corrected chi connectivity index (χ2v) is 4.83. The Morgan fingerprint density at radius 3 is 2.72 bits per heavy atom. The van der Waals surface area contributed by atoms with Crippen LogP contribution in [0.4, 0.5) is 5.82 Å². The molecule has 92 valence electrons. The third kappa shape index (κ3) is 3.16. The standard InChI is InChI=1S/C10H5BrCl2N4O/c11-5-1-6(9(13)14-3-5)10(18)17-8-2-7(12)15-4-16-8/h1-4H,(H,15,16,17,18). The summed E-state index contributed by atoms with van der Waals surface area (Å²) in [6.07, 6.45) is 2.75. The molecule has 5 nitrogen and oxygen atoms in total. The summed E-state index contributed by atoms with van der Waals surface area (Å²) in [7, 11) is 0. The lowest BCUT2D eigenvalue weighted by Crippen LogP contribution is -2.14. The second kappa shape index (κ2) is 5.60. The smallest absolute Gasteiger partial charge is 0.259 e. The molecule has 0 aliphatic rings. The summed E-state index contributed by atoms with van der Waals surface area (Å²) in [6, 6.07) is 2.99. The molecule has 0 aliphatic carbocycles. The van der Waals surface area contributed by atoms with Gasteiger partial charge in [0.1, 0.15) is 22.5 Å². The van der Waals surface area contributed by atoms with Crippen molar-refractivity contribution in [3.63, 3.8) is 0 Å². The Morgan fingerprint density at radius 2 is 2.00 bits per heavy atom. The Hall–Kier alpha value is -1.24. The van der Waals surface area contributed by atoms with Crippen LogP contribution in [-0.2, 0) is 0 Å². The predicted molar refractivity (Wildman–Crippen MR) is 71.9 cm³/mol. The van der Waals surface area contributed by atoms with Gasteiger partial charge in [-0.3, -0.25) is 4.79 Å². The fourth-order valence-electron chi connectivity index (χ4n) is 1.17. The second-order valence-electron chi connectivity index (χ2n) is 3.17. The van der Waals surface area contributed by atoms with E-state index in [0.29, 0.717) is 4.47 Å². The van der Waals surface area contributed by atoms with Crippen LogP contribution in [0.1, 0.15) is 10.4 Å². The Balaban J connectivity index is 2.24. The predicted octanol–water partition coefficient (Wildman–Crippen LogP) is 3.19. The van der Waals surface area contributed by atoms with Crippen LogP contribution in [0.25, 0.3) is 0 Å². The molecule has 0 bridgehead atoms. The Labute approximate surface area is 121 Å². The number of hydrogen-bond donors (Lipinski definition) is 1. The lowest BCUT2D eigenvalue weighted by Gasteiger charge is -2.05. The molecule has 0 radical (unpaired) electrons. The first-order chi connectivity index (χ1) is 8.56. The van der Waals surface area contributed by atoms with Crippen molar-refractivity contribution in [3.8, 4) is 0 Å². The highest BCUT2D eigenvalue weighted by atomic mass is 79.9. The molecule has 2 rings (SSSR count). The monoisotopic (exact) mass is 346 g/mol. The van der Waals surface area contributed by atoms with E-state index in [4.69, 9.17) is 23.2 Å². The van der Waals surface area contributed by atoms with Crippen molar-refractivity contribution in [2.45, 2.75) is 0 Å². The van der Waals surface area contributed by atoms with Crippen molar-refractivity contribution >= 4 is 50.9 Å². The summed E-state index contributed by atoms with van der Waals surface area (Å²) >= 11 is 14.7. The van der Waals surface area contributed by atoms with Gasteiger partial charge in [-0.15, -0.1) is 0 Å². The highest BCUT2D eigenvalue weighted by Crippen LogP contribution is 2.19. The summed E-state index contributed by atoms with van der Waals surface area (Å²) in [5.41, 5.74) is 0.237. The van der Waals surface area contributed by atoms with Gasteiger partial charge in [0.2, 0.25) is 0 Å². The van der Waals surface area contributed by atoms with E-state index in [0.717, 1.165) is 0 Å². The van der Waals surface area contributed by atoms with Crippen LogP contribution in [0, 0.1) is 0 Å². The van der Waals surface area contributed by atoms with E-state index < -0.39 is 5.91 Å². The molecular weight excluding hydrogens is 343 g/mol. The Bertz CT molecular complexity index is 608. The molecule has 0 unspecified atom stereocenters. The van der Waals surface area contributed by atoms with Gasteiger partial charge in [-0.05, 0) is 22.0 Å². The minimum absolute atomic E-state index is 0.107. The number of carbonyl (C=O) groups excluding carboxylic acids is 1. The van der Waals surface area contributed by atoms with Crippen molar-refractivity contribution in [1.82, 2.24) is 15.0 Å². The number of hydrogen-bond acceptors (Lipinski definition) is 4. The molecule has 0 spiro atoms. The fourth-order valence-corrected chi connectivity index (χ4v) is 1.83. The van der Waals surface area contributed by atoms with Crippen molar-refractivity contribution < 1.29 is 4.79 Å². The summed E-state index contributed by atoms with van der Waals surface area (Å²) in [4.78, 5) is 23.4. The van der Waals surface area contributed by atoms with Crippen LogP contribution in [-0.4, -0.2) is 20.9 Å². The van der Waals surface area contributed by atoms with Crippen LogP contribution < -0.4 is 5.32 Å². The number of pyridine rings is 1. The van der Waals surface area contributed by atoms with Crippen molar-refractivity contribution in [1.29, 1.82) is 0 Å². The number of carbonyl (C=O) groups is 1. The molecule has 2 aromatic rings. The molecule has 2 heterocycles. The highest BCUT2D eigenvalue weighted by Gasteiger charge is 2.13. The molecule has 8 heteroatoms. The molecule has 0 fully saturated rings. The van der Waals surface area contributed by atoms with Gasteiger partial charge < -0.3 is 5.32 Å². The van der Waals surface area contributed by atoms with Crippen molar-refractivity contribution in [3.05, 3.63) is 45.0 Å². The molecular formula is C10H5BrCl2N4O. The van der Waals surface area contributed by atoms with E-state index in [1.54, 1.807) is 6.07 Å². The lowest BCUT2D eigenvalue weighted by atomic mass is 10.2. The Morgan fingerprint density at radius 1 is 1.22 bits per heavy atom. The van der Waals surface area contributed by atoms with E-state index in [1.165, 1.54) is 18.6 Å². The third-order valence-electron chi connectivity index (χ3n) is 1.93. The van der Waals surface area contributed by atoms with Gasteiger partial charge in [-0.2, -0.15) is 0 Å². The van der Waals surface area contributed by atoms with Crippen molar-refractivity contribution in [2.24, 2.45) is 0 Å². The first kappa shape index (κ1) is 13.2. The largest absolute Gasteiger partial charge is 0.306 e. The average molecular weight is 348 g/mol. The van der Waals surface area contributed by atoms with Gasteiger partial charge in [0, 0.05) is 16.7 Å². The number of nitrogens with zero attached hydrogens (tertiary/aromatic N) is 3. The molecule has 0 aromatic carbocycles. The number of rotatable bonds is 2. The van der Waals surface area contributed by atoms with Gasteiger partial charge in [-0.25, -0.2) is 15.0 Å². The molecule has 0 saturated heterocycles. The van der Waals surface area contributed by atoms with Gasteiger partial charge in [0.15, 0.2) is 0 Å². The molecule has 18 heavy (non-hydrogen) atoms. The van der Waals surface area contributed by atoms with E-state index >= 15 is 0 Å². The normalized spacial score (nSPS) is 10.2. The lowest BCUT2D eigenvalue weighted by molar-refractivity contribution is 0.102. The topological polar surface area (TPSA) is 67.8 Å². The van der Waals surface area contributed by atoms with Crippen molar-refractivity contribution in [2.75, 3.05) is 5.32 Å². The first-order valence-electron chi connectivity index (χ1n) is 4.66. The first-order valence-corrected chi connectivity index (χ1v) is 6.21. The van der Waals surface area contributed by atoms with Gasteiger partial charge >= 0.3 is 0 Å². The maximum Gasteiger partial charge on any atom is 0.259 e. The average Bonchev–Trinajstić information content (AvgIpc) is 2.32. The number of amides is 1. The maximum atomic E-state index is 11.9. The van der Waals surface area contributed by atoms with Crippen LogP contribution in [0.5, 0.6) is 0 Å². The van der Waals surface area contributed by atoms with Crippen LogP contribution in [0.3, 0.4) is 0 Å². The molecule has 0 saturated carbocycles. The van der Waals surface area contributed by atoms with Gasteiger partial charge in [0.25, 0.3) is 5.91 Å². The SMILES string of the molecule is O=C(Nc1cc(Cl)ncn1)c1cc(Br)cnc1Cl. The molecule has 1 amide bonds. The molecule has 0 atom stereocenters. The van der Waals surface area contributed by atoms with Gasteiger partial charge in [-0.1, -0.05) is 23.2 Å². The maximum absolute atomic E-state index is 11.9. The van der Waals surface area contributed by atoms with Crippen LogP contribution in [0.2, 0.25) is 10.3 Å². The zero-order valence-corrected chi connectivity index (χ0v) is 11.8. The number of nitrogens with one attached hydrogen (secondary N) is 1. The van der Waals surface area contributed by atoms with E-state index in [9.17, 15) is 4.79 Å². The van der Waals surface area contributed by atoms with Gasteiger partial charge in [0.05, 0.1) is 5.56 Å². The van der Waals surface area contributed by atoms with E-state index in [2.05, 4.69) is 36.2 Å².